The van der Waals surface area contributed by atoms with Crippen molar-refractivity contribution in [3.63, 3.8) is 0 Å². The third-order valence-corrected chi connectivity index (χ3v) is 4.28. The number of rotatable bonds is 5. The highest BCUT2D eigenvalue weighted by molar-refractivity contribution is 7.89. The second-order valence-electron chi connectivity index (χ2n) is 3.86. The molecular formula is C10H14N6O2S. The summed E-state index contributed by atoms with van der Waals surface area (Å²) in [6.45, 7) is 0.229. The Bertz CT molecular complexity index is 623. The van der Waals surface area contributed by atoms with Crippen molar-refractivity contribution in [1.82, 2.24) is 24.5 Å². The highest BCUT2D eigenvalue weighted by atomic mass is 32.2. The molecule has 0 bridgehead atoms. The molecule has 2 aromatic heterocycles. The van der Waals surface area contributed by atoms with Crippen LogP contribution < -0.4 is 5.32 Å². The molecule has 8 nitrogen and oxygen atoms in total. The Labute approximate surface area is 110 Å². The summed E-state index contributed by atoms with van der Waals surface area (Å²) in [6.07, 6.45) is 5.78. The van der Waals surface area contributed by atoms with Crippen molar-refractivity contribution < 1.29 is 8.42 Å². The maximum absolute atomic E-state index is 12.3. The lowest BCUT2D eigenvalue weighted by Crippen LogP contribution is -2.26. The summed E-state index contributed by atoms with van der Waals surface area (Å²) in [4.78, 5) is 7.85. The number of hydrogen-bond donors (Lipinski definition) is 2. The van der Waals surface area contributed by atoms with Crippen LogP contribution in [0.15, 0.2) is 29.7 Å². The van der Waals surface area contributed by atoms with Crippen molar-refractivity contribution in [2.24, 2.45) is 0 Å². The second kappa shape index (κ2) is 5.33. The number of H-pyrrole nitrogens is 1. The second-order valence-corrected chi connectivity index (χ2v) is 5.90. The largest absolute Gasteiger partial charge is 0.357 e. The van der Waals surface area contributed by atoms with Gasteiger partial charge >= 0.3 is 0 Å². The van der Waals surface area contributed by atoms with Gasteiger partial charge in [-0.05, 0) is 0 Å². The maximum atomic E-state index is 12.3. The minimum atomic E-state index is -3.60. The van der Waals surface area contributed by atoms with E-state index in [4.69, 9.17) is 0 Å². The third-order valence-electron chi connectivity index (χ3n) is 2.52. The fraction of sp³-hybridized carbons (Fsp3) is 0.300. The van der Waals surface area contributed by atoms with E-state index in [9.17, 15) is 8.42 Å². The van der Waals surface area contributed by atoms with Gasteiger partial charge in [0.25, 0.3) is 0 Å². The van der Waals surface area contributed by atoms with E-state index in [0.29, 0.717) is 5.95 Å². The van der Waals surface area contributed by atoms with Gasteiger partial charge in [-0.2, -0.15) is 9.40 Å². The summed E-state index contributed by atoms with van der Waals surface area (Å²) >= 11 is 0. The van der Waals surface area contributed by atoms with Crippen LogP contribution in [0.3, 0.4) is 0 Å². The molecule has 0 spiro atoms. The lowest BCUT2D eigenvalue weighted by Gasteiger charge is -2.15. The normalized spacial score (nSPS) is 11.7. The summed E-state index contributed by atoms with van der Waals surface area (Å²) in [5.41, 5.74) is 0.777. The summed E-state index contributed by atoms with van der Waals surface area (Å²) in [5, 5.41) is 9.14. The molecular weight excluding hydrogens is 268 g/mol. The topological polar surface area (TPSA) is 104 Å². The highest BCUT2D eigenvalue weighted by Gasteiger charge is 2.22. The first kappa shape index (κ1) is 13.4. The number of anilines is 1. The molecule has 0 aliphatic heterocycles. The summed E-state index contributed by atoms with van der Waals surface area (Å²) in [5.74, 6) is 0.372. The van der Waals surface area contributed by atoms with Gasteiger partial charge in [0.1, 0.15) is 4.90 Å². The van der Waals surface area contributed by atoms with Crippen LogP contribution in [-0.2, 0) is 16.6 Å². The molecule has 0 aliphatic rings. The van der Waals surface area contributed by atoms with E-state index in [1.807, 2.05) is 0 Å². The SMILES string of the molecule is CNc1ncc(S(=O)(=O)N(C)Cc2cn[nH]c2)cn1. The quantitative estimate of drug-likeness (QED) is 0.803. The number of aromatic nitrogens is 4. The minimum absolute atomic E-state index is 0.0532. The Morgan fingerprint density at radius 1 is 1.32 bits per heavy atom. The Morgan fingerprint density at radius 2 is 2.00 bits per heavy atom. The zero-order chi connectivity index (χ0) is 13.9. The van der Waals surface area contributed by atoms with Crippen LogP contribution in [-0.4, -0.2) is 47.0 Å². The van der Waals surface area contributed by atoms with Crippen LogP contribution in [0.2, 0.25) is 0 Å². The van der Waals surface area contributed by atoms with Gasteiger partial charge in [0, 0.05) is 32.4 Å². The molecule has 0 unspecified atom stereocenters. The number of nitrogens with one attached hydrogen (secondary N) is 2. The van der Waals surface area contributed by atoms with Crippen molar-refractivity contribution in [2.45, 2.75) is 11.4 Å². The van der Waals surface area contributed by atoms with Crippen molar-refractivity contribution in [2.75, 3.05) is 19.4 Å². The highest BCUT2D eigenvalue weighted by Crippen LogP contribution is 2.15. The fourth-order valence-electron chi connectivity index (χ4n) is 1.46. The molecule has 2 N–H and O–H groups in total. The summed E-state index contributed by atoms with van der Waals surface area (Å²) < 4.78 is 25.7. The molecule has 0 radical (unpaired) electrons. The Hall–Kier alpha value is -2.00. The molecule has 0 saturated heterocycles. The Kier molecular flexibility index (Phi) is 3.76. The van der Waals surface area contributed by atoms with Crippen molar-refractivity contribution >= 4 is 16.0 Å². The van der Waals surface area contributed by atoms with Gasteiger partial charge < -0.3 is 5.32 Å². The van der Waals surface area contributed by atoms with Gasteiger partial charge in [-0.1, -0.05) is 0 Å². The molecule has 2 rings (SSSR count). The van der Waals surface area contributed by atoms with Crippen LogP contribution in [0.4, 0.5) is 5.95 Å². The van der Waals surface area contributed by atoms with Crippen LogP contribution in [0.25, 0.3) is 0 Å². The Morgan fingerprint density at radius 3 is 2.53 bits per heavy atom. The van der Waals surface area contributed by atoms with Gasteiger partial charge in [0.15, 0.2) is 0 Å². The first-order valence-electron chi connectivity index (χ1n) is 5.48. The van der Waals surface area contributed by atoms with E-state index in [0.717, 1.165) is 5.56 Å². The first-order chi connectivity index (χ1) is 9.04. The molecule has 2 heterocycles. The molecule has 0 amide bonds. The van der Waals surface area contributed by atoms with Gasteiger partial charge in [0.2, 0.25) is 16.0 Å². The van der Waals surface area contributed by atoms with E-state index in [1.165, 1.54) is 23.7 Å². The number of hydrogen-bond acceptors (Lipinski definition) is 6. The minimum Gasteiger partial charge on any atom is -0.357 e. The molecule has 0 aliphatic carbocycles. The van der Waals surface area contributed by atoms with Gasteiger partial charge in [-0.15, -0.1) is 0 Å². The average molecular weight is 282 g/mol. The van der Waals surface area contributed by atoms with E-state index in [1.54, 1.807) is 19.4 Å². The van der Waals surface area contributed by atoms with Crippen molar-refractivity contribution in [1.29, 1.82) is 0 Å². The average Bonchev–Trinajstić information content (AvgIpc) is 2.91. The third kappa shape index (κ3) is 2.88. The van der Waals surface area contributed by atoms with Crippen molar-refractivity contribution in [3.8, 4) is 0 Å². The summed E-state index contributed by atoms with van der Waals surface area (Å²) in [7, 11) is -0.446. The van der Waals surface area contributed by atoms with Gasteiger partial charge in [-0.25, -0.2) is 18.4 Å². The Balaban J connectivity index is 2.20. The molecule has 0 saturated carbocycles. The molecule has 9 heteroatoms. The monoisotopic (exact) mass is 282 g/mol. The molecule has 2 aromatic rings. The molecule has 0 aromatic carbocycles. The summed E-state index contributed by atoms with van der Waals surface area (Å²) in [6, 6.07) is 0. The van der Waals surface area contributed by atoms with Gasteiger partial charge in [-0.3, -0.25) is 5.10 Å². The number of sulfonamides is 1. The molecule has 0 atom stereocenters. The smallest absolute Gasteiger partial charge is 0.246 e. The predicted octanol–water partition coefficient (Wildman–Crippen LogP) is 0.0621. The number of aromatic amines is 1. The van der Waals surface area contributed by atoms with Crippen LogP contribution in [0.5, 0.6) is 0 Å². The number of nitrogens with zero attached hydrogens (tertiary/aromatic N) is 4. The van der Waals surface area contributed by atoms with Crippen LogP contribution in [0, 0.1) is 0 Å². The first-order valence-corrected chi connectivity index (χ1v) is 6.92. The standard InChI is InChI=1S/C10H14N6O2S/c1-11-10-12-5-9(6-13-10)19(17,18)16(2)7-8-3-14-15-4-8/h3-6H,7H2,1-2H3,(H,14,15)(H,11,12,13). The van der Waals surface area contributed by atoms with Crippen LogP contribution >= 0.6 is 0 Å². The van der Waals surface area contributed by atoms with Gasteiger partial charge in [0.05, 0.1) is 18.6 Å². The van der Waals surface area contributed by atoms with Crippen LogP contribution in [0.1, 0.15) is 5.56 Å². The molecule has 0 fully saturated rings. The van der Waals surface area contributed by atoms with E-state index in [2.05, 4.69) is 25.5 Å². The molecule has 102 valence electrons. The molecule has 19 heavy (non-hydrogen) atoms. The van der Waals surface area contributed by atoms with Crippen molar-refractivity contribution in [3.05, 3.63) is 30.4 Å². The maximum Gasteiger partial charge on any atom is 0.246 e. The lowest BCUT2D eigenvalue weighted by atomic mass is 10.4. The lowest BCUT2D eigenvalue weighted by molar-refractivity contribution is 0.466. The zero-order valence-electron chi connectivity index (χ0n) is 10.5. The van der Waals surface area contributed by atoms with E-state index >= 15 is 0 Å². The van der Waals surface area contributed by atoms with E-state index in [-0.39, 0.29) is 11.4 Å². The predicted molar refractivity (Wildman–Crippen MR) is 68.8 cm³/mol. The van der Waals surface area contributed by atoms with E-state index < -0.39 is 10.0 Å². The fourth-order valence-corrected chi connectivity index (χ4v) is 2.52. The zero-order valence-corrected chi connectivity index (χ0v) is 11.3.